The molecule has 1 fully saturated rings. The lowest BCUT2D eigenvalue weighted by Gasteiger charge is -2.33. The Hall–Kier alpha value is -4.32. The van der Waals surface area contributed by atoms with Crippen LogP contribution >= 0.6 is 11.5 Å². The maximum absolute atomic E-state index is 14.2. The molecule has 5 N–H and O–H groups in total. The number of amides is 3. The van der Waals surface area contributed by atoms with Crippen LogP contribution in [0.1, 0.15) is 76.4 Å². The minimum atomic E-state index is -1.02. The minimum absolute atomic E-state index is 0.0129. The topological polar surface area (TPSA) is 159 Å². The molecular weight excluding hydrogens is 546 g/mol. The number of nitrogens with zero attached hydrogens (tertiary/aromatic N) is 2. The highest BCUT2D eigenvalue weighted by atomic mass is 32.1. The number of primary amides is 1. The van der Waals surface area contributed by atoms with E-state index in [-0.39, 0.29) is 41.5 Å². The summed E-state index contributed by atoms with van der Waals surface area (Å²) in [5.74, 6) is 0.0959. The van der Waals surface area contributed by atoms with Gasteiger partial charge in [-0.3, -0.25) is 14.4 Å². The first-order valence-corrected chi connectivity index (χ1v) is 14.4. The maximum atomic E-state index is 14.2. The maximum Gasteiger partial charge on any atom is 0.270 e. The smallest absolute Gasteiger partial charge is 0.270 e. The zero-order chi connectivity index (χ0) is 28.9. The van der Waals surface area contributed by atoms with Crippen LogP contribution in [0.4, 0.5) is 5.69 Å². The summed E-state index contributed by atoms with van der Waals surface area (Å²) in [5.41, 5.74) is 12.6. The van der Waals surface area contributed by atoms with Crippen molar-refractivity contribution in [1.82, 2.24) is 14.6 Å². The van der Waals surface area contributed by atoms with Crippen molar-refractivity contribution in [2.24, 2.45) is 5.73 Å². The number of nitrogens with one attached hydrogen (secondary N) is 1. The summed E-state index contributed by atoms with van der Waals surface area (Å²) in [5, 5.41) is 3.18. The van der Waals surface area contributed by atoms with Gasteiger partial charge in [-0.15, -0.1) is 0 Å². The quantitative estimate of drug-likeness (QED) is 0.327. The molecule has 2 aliphatic rings. The van der Waals surface area contributed by atoms with Crippen LogP contribution in [-0.4, -0.2) is 46.4 Å². The molecule has 1 aliphatic carbocycles. The molecular formula is C29H33N5O6S. The SMILES string of the molecule is CCOc1ccc([C@H](C(=O)NC2CCCCC2)N(Cc2ccc3c(c2)OCO3)C(=O)c2snc(C(N)=O)c2N)cc1. The molecule has 216 valence electrons. The lowest BCUT2D eigenvalue weighted by atomic mass is 9.94. The number of nitrogens with two attached hydrogens (primary N) is 2. The molecule has 5 rings (SSSR count). The molecule has 3 amide bonds. The number of carbonyl (C=O) groups is 3. The number of hydrogen-bond donors (Lipinski definition) is 3. The average Bonchev–Trinajstić information content (AvgIpc) is 3.60. The molecule has 0 radical (unpaired) electrons. The van der Waals surface area contributed by atoms with Gasteiger partial charge in [0.25, 0.3) is 11.8 Å². The third-order valence-corrected chi connectivity index (χ3v) is 8.08. The second-order valence-corrected chi connectivity index (χ2v) is 10.8. The van der Waals surface area contributed by atoms with E-state index in [9.17, 15) is 14.4 Å². The molecule has 0 spiro atoms. The molecule has 11 nitrogen and oxygen atoms in total. The predicted molar refractivity (Wildman–Crippen MR) is 153 cm³/mol. The Morgan fingerprint density at radius 3 is 2.51 bits per heavy atom. The Bertz CT molecular complexity index is 1420. The van der Waals surface area contributed by atoms with Crippen molar-refractivity contribution in [3.8, 4) is 17.2 Å². The van der Waals surface area contributed by atoms with Crippen LogP contribution < -0.4 is 31.0 Å². The molecule has 41 heavy (non-hydrogen) atoms. The minimum Gasteiger partial charge on any atom is -0.494 e. The fourth-order valence-corrected chi connectivity index (χ4v) is 5.95. The first-order chi connectivity index (χ1) is 19.9. The number of aromatic nitrogens is 1. The van der Waals surface area contributed by atoms with E-state index in [1.54, 1.807) is 36.4 Å². The number of hydrogen-bond acceptors (Lipinski definition) is 9. The van der Waals surface area contributed by atoms with Crippen LogP contribution in [0.3, 0.4) is 0 Å². The Kier molecular flexibility index (Phi) is 8.58. The summed E-state index contributed by atoms with van der Waals surface area (Å²) in [6.45, 7) is 2.52. The van der Waals surface area contributed by atoms with E-state index in [2.05, 4.69) is 9.69 Å². The van der Waals surface area contributed by atoms with Crippen LogP contribution in [-0.2, 0) is 11.3 Å². The monoisotopic (exact) mass is 579 g/mol. The average molecular weight is 580 g/mol. The Balaban J connectivity index is 1.57. The molecule has 0 bridgehead atoms. The molecule has 1 aromatic heterocycles. The Morgan fingerprint density at radius 2 is 1.83 bits per heavy atom. The number of nitrogen functional groups attached to an aromatic ring is 1. The van der Waals surface area contributed by atoms with Gasteiger partial charge in [-0.25, -0.2) is 0 Å². The van der Waals surface area contributed by atoms with Crippen molar-refractivity contribution in [3.05, 3.63) is 64.2 Å². The molecule has 3 aromatic rings. The first-order valence-electron chi connectivity index (χ1n) is 13.6. The van der Waals surface area contributed by atoms with E-state index >= 15 is 0 Å². The molecule has 1 aliphatic heterocycles. The number of fused-ring (bicyclic) bond motifs is 1. The van der Waals surface area contributed by atoms with E-state index in [0.29, 0.717) is 35.0 Å². The summed E-state index contributed by atoms with van der Waals surface area (Å²) in [4.78, 5) is 41.6. The van der Waals surface area contributed by atoms with Crippen molar-refractivity contribution in [1.29, 1.82) is 0 Å². The molecule has 2 heterocycles. The number of benzene rings is 2. The molecule has 1 saturated carbocycles. The number of anilines is 1. The second-order valence-electron chi connectivity index (χ2n) is 10.0. The van der Waals surface area contributed by atoms with Crippen molar-refractivity contribution >= 4 is 34.9 Å². The Labute approximate surface area is 241 Å². The normalized spacial score (nSPS) is 15.2. The molecule has 12 heteroatoms. The van der Waals surface area contributed by atoms with Gasteiger partial charge in [0.05, 0.1) is 12.3 Å². The van der Waals surface area contributed by atoms with Crippen LogP contribution in [0.25, 0.3) is 0 Å². The highest BCUT2D eigenvalue weighted by Crippen LogP contribution is 2.35. The molecule has 1 atom stereocenters. The zero-order valence-corrected chi connectivity index (χ0v) is 23.6. The van der Waals surface area contributed by atoms with Gasteiger partial charge in [0.15, 0.2) is 17.2 Å². The lowest BCUT2D eigenvalue weighted by molar-refractivity contribution is -0.127. The number of rotatable bonds is 10. The van der Waals surface area contributed by atoms with Gasteiger partial charge in [0.1, 0.15) is 16.7 Å². The standard InChI is InChI=1S/C29H33N5O6S/c1-2-38-20-11-9-18(10-12-20)25(28(36)32-19-6-4-3-5-7-19)34(15-17-8-13-21-22(14-17)40-16-39-21)29(37)26-23(30)24(27(31)35)33-41-26/h8-14,19,25H,2-7,15-16,30H2,1H3,(H2,31,35)(H,32,36)/t25-/m1/s1. The van der Waals surface area contributed by atoms with Crippen molar-refractivity contribution in [3.63, 3.8) is 0 Å². The lowest BCUT2D eigenvalue weighted by Crippen LogP contribution is -2.46. The van der Waals surface area contributed by atoms with E-state index in [1.165, 1.54) is 4.90 Å². The van der Waals surface area contributed by atoms with E-state index in [0.717, 1.165) is 43.6 Å². The summed E-state index contributed by atoms with van der Waals surface area (Å²) in [6, 6.07) is 11.4. The van der Waals surface area contributed by atoms with Crippen molar-refractivity contribution < 1.29 is 28.6 Å². The van der Waals surface area contributed by atoms with Gasteiger partial charge in [-0.2, -0.15) is 4.37 Å². The fourth-order valence-electron chi connectivity index (χ4n) is 5.19. The summed E-state index contributed by atoms with van der Waals surface area (Å²) >= 11 is 0.777. The van der Waals surface area contributed by atoms with E-state index in [4.69, 9.17) is 25.7 Å². The molecule has 2 aromatic carbocycles. The highest BCUT2D eigenvalue weighted by molar-refractivity contribution is 7.09. The van der Waals surface area contributed by atoms with Crippen LogP contribution in [0.5, 0.6) is 17.2 Å². The Morgan fingerprint density at radius 1 is 1.10 bits per heavy atom. The fraction of sp³-hybridized carbons (Fsp3) is 0.379. The third-order valence-electron chi connectivity index (χ3n) is 7.22. The largest absolute Gasteiger partial charge is 0.494 e. The zero-order valence-electron chi connectivity index (χ0n) is 22.8. The number of ether oxygens (including phenoxy) is 3. The van der Waals surface area contributed by atoms with Crippen LogP contribution in [0.15, 0.2) is 42.5 Å². The number of carbonyl (C=O) groups excluding carboxylic acids is 3. The highest BCUT2D eigenvalue weighted by Gasteiger charge is 2.36. The second kappa shape index (κ2) is 12.5. The summed E-state index contributed by atoms with van der Waals surface area (Å²) in [7, 11) is 0. The first kappa shape index (κ1) is 28.2. The van der Waals surface area contributed by atoms with Gasteiger partial charge in [-0.1, -0.05) is 37.5 Å². The van der Waals surface area contributed by atoms with Crippen molar-refractivity contribution in [2.45, 2.75) is 57.7 Å². The van der Waals surface area contributed by atoms with Gasteiger partial charge in [0, 0.05) is 12.6 Å². The van der Waals surface area contributed by atoms with Crippen molar-refractivity contribution in [2.75, 3.05) is 19.1 Å². The van der Waals surface area contributed by atoms with E-state index < -0.39 is 17.9 Å². The van der Waals surface area contributed by atoms with Gasteiger partial charge in [-0.05, 0) is 66.7 Å². The van der Waals surface area contributed by atoms with E-state index in [1.807, 2.05) is 13.0 Å². The van der Waals surface area contributed by atoms with Crippen LogP contribution in [0.2, 0.25) is 0 Å². The molecule has 0 saturated heterocycles. The van der Waals surface area contributed by atoms with Gasteiger partial charge < -0.3 is 35.9 Å². The summed E-state index contributed by atoms with van der Waals surface area (Å²) < 4.78 is 20.6. The predicted octanol–water partition coefficient (Wildman–Crippen LogP) is 3.78. The summed E-state index contributed by atoms with van der Waals surface area (Å²) in [6.07, 6.45) is 4.96. The third kappa shape index (κ3) is 6.22. The van der Waals surface area contributed by atoms with Crippen LogP contribution in [0, 0.1) is 0 Å². The van der Waals surface area contributed by atoms with Gasteiger partial charge in [0.2, 0.25) is 12.7 Å². The molecule has 0 unspecified atom stereocenters. The van der Waals surface area contributed by atoms with Gasteiger partial charge >= 0.3 is 0 Å².